The molecule has 3 aromatic rings. The lowest BCUT2D eigenvalue weighted by atomic mass is 10.2. The van der Waals surface area contributed by atoms with Crippen LogP contribution in [-0.4, -0.2) is 27.9 Å². The molecule has 0 aliphatic carbocycles. The number of amides is 1. The lowest BCUT2D eigenvalue weighted by molar-refractivity contribution is 0.0957. The molecule has 0 unspecified atom stereocenters. The van der Waals surface area contributed by atoms with E-state index < -0.39 is 10.0 Å². The molecule has 2 aromatic carbocycles. The van der Waals surface area contributed by atoms with Gasteiger partial charge in [-0.15, -0.1) is 11.3 Å². The minimum Gasteiger partial charge on any atom is -0.351 e. The number of thiophene rings is 1. The molecule has 1 N–H and O–H groups in total. The summed E-state index contributed by atoms with van der Waals surface area (Å²) in [6.45, 7) is 2.72. The zero-order valence-electron chi connectivity index (χ0n) is 15.6. The smallest absolute Gasteiger partial charge is 0.264 e. The van der Waals surface area contributed by atoms with Crippen LogP contribution in [-0.2, 0) is 10.0 Å². The Labute approximate surface area is 174 Å². The third kappa shape index (κ3) is 4.32. The Hall–Kier alpha value is -2.09. The molecule has 1 aromatic heterocycles. The summed E-state index contributed by atoms with van der Waals surface area (Å²) in [7, 11) is -2.19. The summed E-state index contributed by atoms with van der Waals surface area (Å²) in [5.41, 5.74) is 0.526. The Bertz CT molecular complexity index is 1090. The van der Waals surface area contributed by atoms with E-state index in [0.29, 0.717) is 22.1 Å². The first-order chi connectivity index (χ1) is 13.3. The van der Waals surface area contributed by atoms with Gasteiger partial charge in [-0.2, -0.15) is 0 Å². The van der Waals surface area contributed by atoms with Crippen LogP contribution >= 0.6 is 22.9 Å². The van der Waals surface area contributed by atoms with Gasteiger partial charge in [0.1, 0.15) is 0 Å². The maximum atomic E-state index is 12.9. The summed E-state index contributed by atoms with van der Waals surface area (Å²) < 4.78 is 27.9. The summed E-state index contributed by atoms with van der Waals surface area (Å²) in [6, 6.07) is 13.2. The number of sulfonamides is 1. The molecule has 0 saturated carbocycles. The largest absolute Gasteiger partial charge is 0.351 e. The zero-order valence-corrected chi connectivity index (χ0v) is 18.0. The predicted molar refractivity (Wildman–Crippen MR) is 116 cm³/mol. The SMILES string of the molecule is CCCCNC(=O)c1cc2cc(N(C)S(=O)(=O)c3ccc(Cl)cc3)ccc2s1. The van der Waals surface area contributed by atoms with Crippen molar-refractivity contribution in [1.82, 2.24) is 5.32 Å². The monoisotopic (exact) mass is 436 g/mol. The number of unbranched alkanes of at least 4 members (excludes halogenated alkanes) is 1. The second-order valence-corrected chi connectivity index (χ2v) is 9.86. The van der Waals surface area contributed by atoms with E-state index >= 15 is 0 Å². The van der Waals surface area contributed by atoms with Crippen LogP contribution in [0.2, 0.25) is 5.02 Å². The Morgan fingerprint density at radius 1 is 1.14 bits per heavy atom. The molecule has 0 saturated heterocycles. The highest BCUT2D eigenvalue weighted by Gasteiger charge is 2.22. The van der Waals surface area contributed by atoms with Gasteiger partial charge in [0.25, 0.3) is 15.9 Å². The molecule has 1 amide bonds. The van der Waals surface area contributed by atoms with Gasteiger partial charge < -0.3 is 5.32 Å². The average molecular weight is 437 g/mol. The Kier molecular flexibility index (Phi) is 6.27. The van der Waals surface area contributed by atoms with Crippen LogP contribution in [0.4, 0.5) is 5.69 Å². The minimum atomic E-state index is -3.70. The van der Waals surface area contributed by atoms with Gasteiger partial charge in [0.15, 0.2) is 0 Å². The maximum Gasteiger partial charge on any atom is 0.264 e. The van der Waals surface area contributed by atoms with Crippen molar-refractivity contribution in [3.8, 4) is 0 Å². The molecular weight excluding hydrogens is 416 g/mol. The second-order valence-electron chi connectivity index (χ2n) is 6.37. The lowest BCUT2D eigenvalue weighted by Crippen LogP contribution is -2.26. The van der Waals surface area contributed by atoms with E-state index in [-0.39, 0.29) is 10.8 Å². The van der Waals surface area contributed by atoms with Crippen molar-refractivity contribution >= 4 is 54.6 Å². The highest BCUT2D eigenvalue weighted by molar-refractivity contribution is 7.92. The van der Waals surface area contributed by atoms with Crippen LogP contribution in [0.25, 0.3) is 10.1 Å². The summed E-state index contributed by atoms with van der Waals surface area (Å²) in [5, 5.41) is 4.22. The predicted octanol–water partition coefficient (Wildman–Crippen LogP) is 4.91. The average Bonchev–Trinajstić information content (AvgIpc) is 3.11. The number of hydrogen-bond donors (Lipinski definition) is 1. The van der Waals surface area contributed by atoms with Gasteiger partial charge in [-0.1, -0.05) is 24.9 Å². The van der Waals surface area contributed by atoms with Crippen molar-refractivity contribution in [2.24, 2.45) is 0 Å². The van der Waals surface area contributed by atoms with Crippen molar-refractivity contribution < 1.29 is 13.2 Å². The van der Waals surface area contributed by atoms with Crippen LogP contribution in [0.5, 0.6) is 0 Å². The topological polar surface area (TPSA) is 66.5 Å². The fraction of sp³-hybridized carbons (Fsp3) is 0.250. The van der Waals surface area contributed by atoms with Crippen LogP contribution < -0.4 is 9.62 Å². The van der Waals surface area contributed by atoms with E-state index in [4.69, 9.17) is 11.6 Å². The zero-order chi connectivity index (χ0) is 20.3. The van der Waals surface area contributed by atoms with Crippen molar-refractivity contribution in [2.75, 3.05) is 17.9 Å². The van der Waals surface area contributed by atoms with Gasteiger partial charge in [-0.25, -0.2) is 8.42 Å². The van der Waals surface area contributed by atoms with Crippen molar-refractivity contribution in [3.63, 3.8) is 0 Å². The molecule has 1 heterocycles. The molecule has 3 rings (SSSR count). The highest BCUT2D eigenvalue weighted by atomic mass is 35.5. The number of carbonyl (C=O) groups is 1. The van der Waals surface area contributed by atoms with E-state index in [0.717, 1.165) is 22.9 Å². The van der Waals surface area contributed by atoms with Crippen LogP contribution in [0.1, 0.15) is 29.4 Å². The molecule has 0 fully saturated rings. The Morgan fingerprint density at radius 2 is 1.86 bits per heavy atom. The molecule has 5 nitrogen and oxygen atoms in total. The third-order valence-electron chi connectivity index (χ3n) is 4.38. The number of nitrogens with one attached hydrogen (secondary N) is 1. The lowest BCUT2D eigenvalue weighted by Gasteiger charge is -2.19. The van der Waals surface area contributed by atoms with Crippen LogP contribution in [0, 0.1) is 0 Å². The molecule has 0 spiro atoms. The van der Waals surface area contributed by atoms with E-state index in [9.17, 15) is 13.2 Å². The standard InChI is InChI=1S/C20H21ClN2O3S2/c1-3-4-11-22-20(24)19-13-14-12-16(7-10-18(14)27-19)23(2)28(25,26)17-8-5-15(21)6-9-17/h5-10,12-13H,3-4,11H2,1-2H3,(H,22,24). The normalized spacial score (nSPS) is 11.5. The van der Waals surface area contributed by atoms with Crippen molar-refractivity contribution in [2.45, 2.75) is 24.7 Å². The molecule has 148 valence electrons. The fourth-order valence-corrected chi connectivity index (χ4v) is 4.98. The van der Waals surface area contributed by atoms with Gasteiger partial charge >= 0.3 is 0 Å². The number of benzene rings is 2. The van der Waals surface area contributed by atoms with E-state index in [1.165, 1.54) is 34.8 Å². The highest BCUT2D eigenvalue weighted by Crippen LogP contribution is 2.31. The first-order valence-electron chi connectivity index (χ1n) is 8.89. The van der Waals surface area contributed by atoms with Crippen LogP contribution in [0.3, 0.4) is 0 Å². The number of anilines is 1. The van der Waals surface area contributed by atoms with Gasteiger partial charge in [-0.3, -0.25) is 9.10 Å². The number of nitrogens with zero attached hydrogens (tertiary/aromatic N) is 1. The van der Waals surface area contributed by atoms with E-state index in [1.54, 1.807) is 30.3 Å². The number of hydrogen-bond acceptors (Lipinski definition) is 4. The van der Waals surface area contributed by atoms with Gasteiger partial charge in [-0.05, 0) is 60.3 Å². The molecule has 8 heteroatoms. The fourth-order valence-electron chi connectivity index (χ4n) is 2.71. The number of halogens is 1. The molecule has 0 aliphatic rings. The quantitative estimate of drug-likeness (QED) is 0.535. The van der Waals surface area contributed by atoms with Crippen LogP contribution in [0.15, 0.2) is 53.4 Å². The Morgan fingerprint density at radius 3 is 2.54 bits per heavy atom. The molecular formula is C20H21ClN2O3S2. The van der Waals surface area contributed by atoms with Gasteiger partial charge in [0, 0.05) is 23.3 Å². The van der Waals surface area contributed by atoms with Gasteiger partial charge in [0.05, 0.1) is 15.5 Å². The molecule has 0 aliphatic heterocycles. The number of rotatable bonds is 7. The Balaban J connectivity index is 1.87. The summed E-state index contributed by atoms with van der Waals surface area (Å²) in [6.07, 6.45) is 1.96. The number of carbonyl (C=O) groups excluding carboxylic acids is 1. The van der Waals surface area contributed by atoms with E-state index in [2.05, 4.69) is 12.2 Å². The maximum absolute atomic E-state index is 12.9. The summed E-state index contributed by atoms with van der Waals surface area (Å²) >= 11 is 7.25. The first kappa shape index (κ1) is 20.6. The molecule has 0 atom stereocenters. The van der Waals surface area contributed by atoms with Crippen molar-refractivity contribution in [3.05, 3.63) is 58.4 Å². The second kappa shape index (κ2) is 8.51. The third-order valence-corrected chi connectivity index (χ3v) is 7.54. The van der Waals surface area contributed by atoms with Gasteiger partial charge in [0.2, 0.25) is 0 Å². The van der Waals surface area contributed by atoms with Crippen molar-refractivity contribution in [1.29, 1.82) is 0 Å². The first-order valence-corrected chi connectivity index (χ1v) is 11.5. The van der Waals surface area contributed by atoms with E-state index in [1.807, 2.05) is 6.07 Å². The summed E-state index contributed by atoms with van der Waals surface area (Å²) in [4.78, 5) is 13.0. The molecule has 0 bridgehead atoms. The number of fused-ring (bicyclic) bond motifs is 1. The minimum absolute atomic E-state index is 0.0988. The molecule has 0 radical (unpaired) electrons. The summed E-state index contributed by atoms with van der Waals surface area (Å²) in [5.74, 6) is -0.0988. The molecule has 28 heavy (non-hydrogen) atoms.